The van der Waals surface area contributed by atoms with E-state index in [-0.39, 0.29) is 0 Å². The first-order valence-electron chi connectivity index (χ1n) is 4.03. The lowest BCUT2D eigenvalue weighted by Crippen LogP contribution is -1.78. The number of rotatable bonds is 2. The fourth-order valence-corrected chi connectivity index (χ4v) is 1.00. The second-order valence-corrected chi connectivity index (χ2v) is 2.58. The zero-order chi connectivity index (χ0) is 8.93. The summed E-state index contributed by atoms with van der Waals surface area (Å²) >= 11 is 0. The zero-order valence-electron chi connectivity index (χ0n) is 7.01. The number of hydrogen-bond donors (Lipinski definition) is 1. The summed E-state index contributed by atoms with van der Waals surface area (Å²) in [6, 6.07) is 9.91. The SMILES string of the molecule is C(=N\c1ncc[nH]1)/c1ccccc1. The van der Waals surface area contributed by atoms with Crippen LogP contribution >= 0.6 is 0 Å². The van der Waals surface area contributed by atoms with Crippen LogP contribution in [0.25, 0.3) is 0 Å². The third-order valence-corrected chi connectivity index (χ3v) is 1.62. The molecule has 2 rings (SSSR count). The predicted octanol–water partition coefficient (Wildman–Crippen LogP) is 2.16. The number of imidazole rings is 1. The highest BCUT2D eigenvalue weighted by molar-refractivity contribution is 5.80. The lowest BCUT2D eigenvalue weighted by molar-refractivity contribution is 1.25. The lowest BCUT2D eigenvalue weighted by Gasteiger charge is -1.88. The molecular weight excluding hydrogens is 162 g/mol. The number of aromatic amines is 1. The summed E-state index contributed by atoms with van der Waals surface area (Å²) in [7, 11) is 0. The lowest BCUT2D eigenvalue weighted by atomic mass is 10.2. The van der Waals surface area contributed by atoms with E-state index in [1.165, 1.54) is 0 Å². The van der Waals surface area contributed by atoms with Crippen molar-refractivity contribution in [2.24, 2.45) is 4.99 Å². The predicted molar refractivity (Wildman–Crippen MR) is 52.3 cm³/mol. The maximum atomic E-state index is 4.14. The van der Waals surface area contributed by atoms with Crippen LogP contribution in [-0.2, 0) is 0 Å². The van der Waals surface area contributed by atoms with Crippen molar-refractivity contribution in [2.45, 2.75) is 0 Å². The fourth-order valence-electron chi connectivity index (χ4n) is 1.00. The Balaban J connectivity index is 2.15. The number of hydrogen-bond acceptors (Lipinski definition) is 2. The van der Waals surface area contributed by atoms with Gasteiger partial charge in [-0.1, -0.05) is 30.3 Å². The van der Waals surface area contributed by atoms with Gasteiger partial charge < -0.3 is 4.98 Å². The smallest absolute Gasteiger partial charge is 0.226 e. The Bertz CT molecular complexity index is 376. The van der Waals surface area contributed by atoms with Gasteiger partial charge in [0.2, 0.25) is 5.95 Å². The van der Waals surface area contributed by atoms with E-state index in [1.807, 2.05) is 30.3 Å². The second-order valence-electron chi connectivity index (χ2n) is 2.58. The number of nitrogens with one attached hydrogen (secondary N) is 1. The van der Waals surface area contributed by atoms with E-state index in [1.54, 1.807) is 18.6 Å². The number of nitrogens with zero attached hydrogens (tertiary/aromatic N) is 2. The molecule has 1 aromatic carbocycles. The number of aromatic nitrogens is 2. The first-order chi connectivity index (χ1) is 6.45. The topological polar surface area (TPSA) is 41.0 Å². The summed E-state index contributed by atoms with van der Waals surface area (Å²) in [5.74, 6) is 0.629. The molecule has 0 atom stereocenters. The van der Waals surface area contributed by atoms with Gasteiger partial charge in [-0.15, -0.1) is 0 Å². The summed E-state index contributed by atoms with van der Waals surface area (Å²) in [4.78, 5) is 11.0. The van der Waals surface area contributed by atoms with Crippen LogP contribution in [0.5, 0.6) is 0 Å². The first kappa shape index (κ1) is 7.73. The van der Waals surface area contributed by atoms with Gasteiger partial charge >= 0.3 is 0 Å². The number of H-pyrrole nitrogens is 1. The molecule has 0 bridgehead atoms. The van der Waals surface area contributed by atoms with Crippen molar-refractivity contribution in [1.82, 2.24) is 9.97 Å². The number of benzene rings is 1. The van der Waals surface area contributed by atoms with Crippen LogP contribution < -0.4 is 0 Å². The van der Waals surface area contributed by atoms with Crippen LogP contribution in [-0.4, -0.2) is 16.2 Å². The van der Waals surface area contributed by atoms with Gasteiger partial charge in [0.25, 0.3) is 0 Å². The van der Waals surface area contributed by atoms with Gasteiger partial charge in [-0.05, 0) is 5.56 Å². The van der Waals surface area contributed by atoms with Crippen LogP contribution in [0.3, 0.4) is 0 Å². The Kier molecular flexibility index (Phi) is 2.18. The quantitative estimate of drug-likeness (QED) is 0.691. The Hall–Kier alpha value is -1.90. The van der Waals surface area contributed by atoms with Crippen molar-refractivity contribution in [3.05, 3.63) is 48.3 Å². The molecule has 0 amide bonds. The molecule has 0 fully saturated rings. The van der Waals surface area contributed by atoms with E-state index >= 15 is 0 Å². The maximum Gasteiger partial charge on any atom is 0.226 e. The van der Waals surface area contributed by atoms with E-state index in [0.29, 0.717) is 5.95 Å². The molecule has 0 saturated carbocycles. The van der Waals surface area contributed by atoms with Crippen molar-refractivity contribution in [1.29, 1.82) is 0 Å². The minimum Gasteiger partial charge on any atom is -0.329 e. The highest BCUT2D eigenvalue weighted by Crippen LogP contribution is 2.01. The van der Waals surface area contributed by atoms with Gasteiger partial charge in [0.05, 0.1) is 0 Å². The largest absolute Gasteiger partial charge is 0.329 e. The van der Waals surface area contributed by atoms with Gasteiger partial charge in [-0.3, -0.25) is 0 Å². The molecule has 0 aliphatic heterocycles. The van der Waals surface area contributed by atoms with Gasteiger partial charge in [-0.25, -0.2) is 9.98 Å². The first-order valence-corrected chi connectivity index (χ1v) is 4.03. The van der Waals surface area contributed by atoms with Crippen molar-refractivity contribution >= 4 is 12.2 Å². The van der Waals surface area contributed by atoms with Gasteiger partial charge in [0, 0.05) is 18.6 Å². The molecule has 3 nitrogen and oxygen atoms in total. The van der Waals surface area contributed by atoms with Crippen molar-refractivity contribution in [3.63, 3.8) is 0 Å². The Morgan fingerprint density at radius 1 is 1.23 bits per heavy atom. The van der Waals surface area contributed by atoms with Crippen LogP contribution in [0.15, 0.2) is 47.7 Å². The minimum absolute atomic E-state index is 0.629. The van der Waals surface area contributed by atoms with Crippen molar-refractivity contribution in [2.75, 3.05) is 0 Å². The molecule has 64 valence electrons. The van der Waals surface area contributed by atoms with Gasteiger partial charge in [-0.2, -0.15) is 0 Å². The molecule has 1 aromatic heterocycles. The molecule has 0 unspecified atom stereocenters. The third kappa shape index (κ3) is 2.02. The average Bonchev–Trinajstić information content (AvgIpc) is 2.69. The van der Waals surface area contributed by atoms with Crippen LogP contribution in [0.2, 0.25) is 0 Å². The molecule has 0 aliphatic carbocycles. The van der Waals surface area contributed by atoms with Gasteiger partial charge in [0.15, 0.2) is 0 Å². The molecule has 13 heavy (non-hydrogen) atoms. The highest BCUT2D eigenvalue weighted by atomic mass is 15.0. The Morgan fingerprint density at radius 2 is 2.08 bits per heavy atom. The standard InChI is InChI=1S/C10H9N3/c1-2-4-9(5-3-1)8-13-10-11-6-7-12-10/h1-8H,(H,11,12)/b13-8+. The molecular formula is C10H9N3. The minimum atomic E-state index is 0.629. The van der Waals surface area contributed by atoms with E-state index in [0.717, 1.165) is 5.56 Å². The fraction of sp³-hybridized carbons (Fsp3) is 0. The Labute approximate surface area is 76.2 Å². The molecule has 2 aromatic rings. The zero-order valence-corrected chi connectivity index (χ0v) is 7.01. The van der Waals surface area contributed by atoms with Crippen LogP contribution in [0.4, 0.5) is 5.95 Å². The molecule has 3 heteroatoms. The summed E-state index contributed by atoms with van der Waals surface area (Å²) in [6.07, 6.45) is 5.20. The van der Waals surface area contributed by atoms with Crippen LogP contribution in [0, 0.1) is 0 Å². The monoisotopic (exact) mass is 171 g/mol. The molecule has 0 radical (unpaired) electrons. The van der Waals surface area contributed by atoms with Crippen molar-refractivity contribution < 1.29 is 0 Å². The van der Waals surface area contributed by atoms with E-state index in [2.05, 4.69) is 15.0 Å². The van der Waals surface area contributed by atoms with E-state index in [4.69, 9.17) is 0 Å². The average molecular weight is 171 g/mol. The molecule has 0 spiro atoms. The van der Waals surface area contributed by atoms with Gasteiger partial charge in [0.1, 0.15) is 0 Å². The summed E-state index contributed by atoms with van der Waals surface area (Å²) in [6.45, 7) is 0. The van der Waals surface area contributed by atoms with E-state index in [9.17, 15) is 0 Å². The normalized spacial score (nSPS) is 10.8. The molecule has 0 saturated heterocycles. The molecule has 1 heterocycles. The Morgan fingerprint density at radius 3 is 2.77 bits per heavy atom. The van der Waals surface area contributed by atoms with Crippen LogP contribution in [0.1, 0.15) is 5.56 Å². The molecule has 0 aliphatic rings. The second kappa shape index (κ2) is 3.67. The summed E-state index contributed by atoms with van der Waals surface area (Å²) in [5.41, 5.74) is 1.07. The third-order valence-electron chi connectivity index (χ3n) is 1.62. The summed E-state index contributed by atoms with van der Waals surface area (Å²) in [5, 5.41) is 0. The van der Waals surface area contributed by atoms with E-state index < -0.39 is 0 Å². The number of aliphatic imine (C=N–C) groups is 1. The molecule has 1 N–H and O–H groups in total. The highest BCUT2D eigenvalue weighted by Gasteiger charge is 1.87. The van der Waals surface area contributed by atoms with Crippen molar-refractivity contribution in [3.8, 4) is 0 Å². The maximum absolute atomic E-state index is 4.14. The summed E-state index contributed by atoms with van der Waals surface area (Å²) < 4.78 is 0.